The Labute approximate surface area is 165 Å². The summed E-state index contributed by atoms with van der Waals surface area (Å²) in [5.74, 6) is 2.00. The smallest absolute Gasteiger partial charge is 0.257 e. The SMILES string of the molecule is CC(c1ccc2c(n1)OCCO2)N1CCCC(CO[Si](C)(C)C(C)(C)C)C1. The van der Waals surface area contributed by atoms with Gasteiger partial charge in [0.25, 0.3) is 5.88 Å². The van der Waals surface area contributed by atoms with Gasteiger partial charge in [-0.15, -0.1) is 0 Å². The van der Waals surface area contributed by atoms with Crippen LogP contribution < -0.4 is 9.47 Å². The maximum atomic E-state index is 6.50. The van der Waals surface area contributed by atoms with Gasteiger partial charge >= 0.3 is 0 Å². The van der Waals surface area contributed by atoms with Crippen molar-refractivity contribution in [3.63, 3.8) is 0 Å². The molecule has 1 aromatic rings. The number of rotatable bonds is 5. The predicted octanol–water partition coefficient (Wildman–Crippen LogP) is 4.65. The van der Waals surface area contributed by atoms with Gasteiger partial charge in [-0.25, -0.2) is 4.98 Å². The maximum Gasteiger partial charge on any atom is 0.257 e. The van der Waals surface area contributed by atoms with Crippen molar-refractivity contribution >= 4 is 8.32 Å². The molecule has 0 saturated carbocycles. The minimum atomic E-state index is -1.68. The van der Waals surface area contributed by atoms with E-state index in [1.54, 1.807) is 0 Å². The van der Waals surface area contributed by atoms with Gasteiger partial charge in [-0.3, -0.25) is 4.90 Å². The van der Waals surface area contributed by atoms with Crippen molar-refractivity contribution in [1.82, 2.24) is 9.88 Å². The molecule has 2 unspecified atom stereocenters. The van der Waals surface area contributed by atoms with E-state index in [9.17, 15) is 0 Å². The van der Waals surface area contributed by atoms with E-state index < -0.39 is 8.32 Å². The van der Waals surface area contributed by atoms with Gasteiger partial charge < -0.3 is 13.9 Å². The minimum Gasteiger partial charge on any atom is -0.484 e. The van der Waals surface area contributed by atoms with Crippen LogP contribution in [0.1, 0.15) is 52.3 Å². The molecule has 1 fully saturated rings. The van der Waals surface area contributed by atoms with Gasteiger partial charge in [0.05, 0.1) is 5.69 Å². The van der Waals surface area contributed by atoms with Crippen molar-refractivity contribution in [3.8, 4) is 11.6 Å². The summed E-state index contributed by atoms with van der Waals surface area (Å²) in [6, 6.07) is 4.35. The first kappa shape index (κ1) is 20.6. The first-order chi connectivity index (χ1) is 12.7. The molecule has 27 heavy (non-hydrogen) atoms. The van der Waals surface area contributed by atoms with Gasteiger partial charge in [-0.05, 0) is 62.5 Å². The Morgan fingerprint density at radius 1 is 1.26 bits per heavy atom. The fourth-order valence-electron chi connectivity index (χ4n) is 3.49. The molecule has 6 heteroatoms. The van der Waals surface area contributed by atoms with E-state index in [-0.39, 0.29) is 11.1 Å². The highest BCUT2D eigenvalue weighted by Gasteiger charge is 2.38. The van der Waals surface area contributed by atoms with Crippen molar-refractivity contribution in [3.05, 3.63) is 17.8 Å². The number of hydrogen-bond donors (Lipinski definition) is 0. The Balaban J connectivity index is 1.60. The average molecular weight is 393 g/mol. The third kappa shape index (κ3) is 4.84. The van der Waals surface area contributed by atoms with E-state index in [4.69, 9.17) is 18.9 Å². The summed E-state index contributed by atoms with van der Waals surface area (Å²) in [6.45, 7) is 18.1. The molecule has 3 heterocycles. The van der Waals surface area contributed by atoms with Gasteiger partial charge in [0.2, 0.25) is 0 Å². The van der Waals surface area contributed by atoms with Gasteiger partial charge in [0.1, 0.15) is 13.2 Å². The number of piperidine rings is 1. The summed E-state index contributed by atoms with van der Waals surface area (Å²) in [7, 11) is -1.68. The second-order valence-electron chi connectivity index (χ2n) is 9.49. The minimum absolute atomic E-state index is 0.268. The Morgan fingerprint density at radius 3 is 2.74 bits per heavy atom. The number of pyridine rings is 1. The fourth-order valence-corrected chi connectivity index (χ4v) is 4.58. The molecule has 5 nitrogen and oxygen atoms in total. The molecule has 0 N–H and O–H groups in total. The second-order valence-corrected chi connectivity index (χ2v) is 14.3. The normalized spacial score (nSPS) is 22.5. The highest BCUT2D eigenvalue weighted by Crippen LogP contribution is 2.37. The molecule has 1 aromatic heterocycles. The molecular weight excluding hydrogens is 356 g/mol. The molecule has 2 atom stereocenters. The molecule has 0 spiro atoms. The van der Waals surface area contributed by atoms with Crippen LogP contribution in [0.4, 0.5) is 0 Å². The first-order valence-electron chi connectivity index (χ1n) is 10.3. The van der Waals surface area contributed by atoms with Crippen LogP contribution in [-0.4, -0.2) is 51.1 Å². The zero-order valence-corrected chi connectivity index (χ0v) is 18.9. The number of hydrogen-bond acceptors (Lipinski definition) is 5. The lowest BCUT2D eigenvalue weighted by Crippen LogP contribution is -2.44. The Hall–Kier alpha value is -1.11. The lowest BCUT2D eigenvalue weighted by atomic mass is 9.97. The number of ether oxygens (including phenoxy) is 2. The largest absolute Gasteiger partial charge is 0.484 e. The van der Waals surface area contributed by atoms with Crippen molar-refractivity contribution in [2.24, 2.45) is 5.92 Å². The van der Waals surface area contributed by atoms with Crippen LogP contribution in [0.2, 0.25) is 18.1 Å². The zero-order chi connectivity index (χ0) is 19.7. The van der Waals surface area contributed by atoms with Crippen molar-refractivity contribution in [1.29, 1.82) is 0 Å². The van der Waals surface area contributed by atoms with Gasteiger partial charge in [0, 0.05) is 19.2 Å². The van der Waals surface area contributed by atoms with Crippen molar-refractivity contribution < 1.29 is 13.9 Å². The van der Waals surface area contributed by atoms with E-state index in [1.165, 1.54) is 12.8 Å². The van der Waals surface area contributed by atoms with Crippen LogP contribution in [0, 0.1) is 5.92 Å². The van der Waals surface area contributed by atoms with E-state index in [0.29, 0.717) is 25.0 Å². The van der Waals surface area contributed by atoms with Crippen LogP contribution in [0.15, 0.2) is 12.1 Å². The summed E-state index contributed by atoms with van der Waals surface area (Å²) < 4.78 is 17.8. The van der Waals surface area contributed by atoms with E-state index in [0.717, 1.165) is 31.1 Å². The molecule has 1 saturated heterocycles. The lowest BCUT2D eigenvalue weighted by Gasteiger charge is -2.40. The second kappa shape index (κ2) is 8.09. The molecule has 0 bridgehead atoms. The molecule has 152 valence electrons. The van der Waals surface area contributed by atoms with Crippen molar-refractivity contribution in [2.75, 3.05) is 32.9 Å². The fraction of sp³-hybridized carbons (Fsp3) is 0.762. The Kier molecular flexibility index (Phi) is 6.18. The first-order valence-corrected chi connectivity index (χ1v) is 13.2. The maximum absolute atomic E-state index is 6.50. The summed E-state index contributed by atoms with van der Waals surface area (Å²) >= 11 is 0. The van der Waals surface area contributed by atoms with Gasteiger partial charge in [-0.2, -0.15) is 0 Å². The molecule has 2 aliphatic heterocycles. The van der Waals surface area contributed by atoms with Crippen molar-refractivity contribution in [2.45, 2.75) is 64.7 Å². The standard InChI is InChI=1S/C21H36N2O3Si/c1-16(18-9-10-19-20(22-18)25-13-12-24-19)23-11-7-8-17(14-23)15-26-27(5,6)21(2,3)4/h9-10,16-17H,7-8,11-15H2,1-6H3. The number of fused-ring (bicyclic) bond motifs is 1. The molecule has 0 radical (unpaired) electrons. The summed E-state index contributed by atoms with van der Waals surface area (Å²) in [5, 5.41) is 0.268. The van der Waals surface area contributed by atoms with Crippen LogP contribution in [0.3, 0.4) is 0 Å². The van der Waals surface area contributed by atoms with Crippen LogP contribution in [0.25, 0.3) is 0 Å². The molecule has 0 aromatic carbocycles. The molecular formula is C21H36N2O3Si. The summed E-state index contributed by atoms with van der Waals surface area (Å²) in [5.41, 5.74) is 1.06. The average Bonchev–Trinajstić information content (AvgIpc) is 2.65. The van der Waals surface area contributed by atoms with Gasteiger partial charge in [0.15, 0.2) is 14.1 Å². The Morgan fingerprint density at radius 2 is 2.00 bits per heavy atom. The van der Waals surface area contributed by atoms with E-state index in [2.05, 4.69) is 51.8 Å². The zero-order valence-electron chi connectivity index (χ0n) is 17.9. The highest BCUT2D eigenvalue weighted by molar-refractivity contribution is 6.74. The highest BCUT2D eigenvalue weighted by atomic mass is 28.4. The summed E-state index contributed by atoms with van der Waals surface area (Å²) in [4.78, 5) is 7.26. The number of likely N-dealkylation sites (tertiary alicyclic amines) is 1. The lowest BCUT2D eigenvalue weighted by molar-refractivity contribution is 0.0940. The quantitative estimate of drug-likeness (QED) is 0.683. The van der Waals surface area contributed by atoms with Crippen LogP contribution in [-0.2, 0) is 4.43 Å². The van der Waals surface area contributed by atoms with E-state index in [1.807, 2.05) is 6.07 Å². The number of nitrogens with zero attached hydrogens (tertiary/aromatic N) is 2. The van der Waals surface area contributed by atoms with Gasteiger partial charge in [-0.1, -0.05) is 20.8 Å². The number of aromatic nitrogens is 1. The molecule has 3 rings (SSSR count). The van der Waals surface area contributed by atoms with Crippen LogP contribution in [0.5, 0.6) is 11.6 Å². The topological polar surface area (TPSA) is 43.8 Å². The van der Waals surface area contributed by atoms with Crippen LogP contribution >= 0.6 is 0 Å². The van der Waals surface area contributed by atoms with E-state index >= 15 is 0 Å². The molecule has 0 amide bonds. The molecule has 0 aliphatic carbocycles. The third-order valence-electron chi connectivity index (χ3n) is 6.44. The molecule has 2 aliphatic rings. The monoisotopic (exact) mass is 392 g/mol. The predicted molar refractivity (Wildman–Crippen MR) is 111 cm³/mol. The summed E-state index contributed by atoms with van der Waals surface area (Å²) in [6.07, 6.45) is 2.48. The third-order valence-corrected chi connectivity index (χ3v) is 10.9. The Bertz CT molecular complexity index is 645.